The van der Waals surface area contributed by atoms with Crippen LogP contribution in [0.15, 0.2) is 0 Å². The summed E-state index contributed by atoms with van der Waals surface area (Å²) in [5.41, 5.74) is -1.13. The molecule has 1 aliphatic heterocycles. The summed E-state index contributed by atoms with van der Waals surface area (Å²) in [6.45, 7) is 2.04. The minimum Gasteiger partial charge on any atom is -0.350 e. The van der Waals surface area contributed by atoms with E-state index in [1.807, 2.05) is 0 Å². The zero-order valence-corrected chi connectivity index (χ0v) is 18.2. The molecular weight excluding hydrogens is 389 g/mol. The zero-order chi connectivity index (χ0) is 21.0. The fourth-order valence-electron chi connectivity index (χ4n) is 7.25. The Kier molecular flexibility index (Phi) is 5.19. The largest absolute Gasteiger partial charge is 0.350 e. The van der Waals surface area contributed by atoms with Crippen molar-refractivity contribution in [3.63, 3.8) is 0 Å². The minimum absolute atomic E-state index is 0.0196. The topological polar surface area (TPSA) is 32.3 Å². The Morgan fingerprint density at radius 3 is 1.93 bits per heavy atom. The van der Waals surface area contributed by atoms with Crippen LogP contribution in [0.25, 0.3) is 0 Å². The molecule has 170 valence electrons. The van der Waals surface area contributed by atoms with Crippen molar-refractivity contribution in [1.82, 2.24) is 10.2 Å². The maximum Gasteiger partial charge on any atom is 0.248 e. The van der Waals surface area contributed by atoms with E-state index in [2.05, 4.69) is 10.2 Å². The van der Waals surface area contributed by atoms with Gasteiger partial charge in [0.05, 0.1) is 0 Å². The van der Waals surface area contributed by atoms with Gasteiger partial charge >= 0.3 is 0 Å². The summed E-state index contributed by atoms with van der Waals surface area (Å²) in [5, 5.41) is 3.47. The van der Waals surface area contributed by atoms with Gasteiger partial charge in [-0.25, -0.2) is 13.2 Å². The van der Waals surface area contributed by atoms with Gasteiger partial charge in [0.2, 0.25) is 11.8 Å². The van der Waals surface area contributed by atoms with E-state index in [4.69, 9.17) is 0 Å². The lowest BCUT2D eigenvalue weighted by Crippen LogP contribution is -2.61. The Morgan fingerprint density at radius 2 is 1.37 bits per heavy atom. The van der Waals surface area contributed by atoms with Crippen LogP contribution in [0.3, 0.4) is 0 Å². The van der Waals surface area contributed by atoms with Crippen molar-refractivity contribution in [3.8, 4) is 0 Å². The van der Waals surface area contributed by atoms with Crippen LogP contribution in [0.1, 0.15) is 89.9 Å². The number of fused-ring (bicyclic) bond motifs is 3. The van der Waals surface area contributed by atoms with Crippen LogP contribution in [-0.2, 0) is 4.79 Å². The van der Waals surface area contributed by atoms with Gasteiger partial charge in [-0.15, -0.1) is 0 Å². The summed E-state index contributed by atoms with van der Waals surface area (Å²) < 4.78 is 41.7. The van der Waals surface area contributed by atoms with Crippen molar-refractivity contribution in [2.24, 2.45) is 17.3 Å². The van der Waals surface area contributed by atoms with Gasteiger partial charge in [-0.05, 0) is 88.4 Å². The molecule has 5 aliphatic carbocycles. The second-order valence-electron chi connectivity index (χ2n) is 11.7. The van der Waals surface area contributed by atoms with Crippen LogP contribution >= 0.6 is 0 Å². The van der Waals surface area contributed by atoms with Crippen LogP contribution in [0.2, 0.25) is 0 Å². The molecule has 1 heterocycles. The standard InChI is InChI=1S/C24H37F3N2O/c25-22(11-13-24(26,27)14-12-22)17-29-15-21(16-29)6-4-19(5-7-21)20(30)28-23-8-1-18(2-9-23)3-10-23/h18-19H,1-17H2,(H,28,30). The Morgan fingerprint density at radius 1 is 0.800 bits per heavy atom. The molecule has 0 aromatic carbocycles. The summed E-state index contributed by atoms with van der Waals surface area (Å²) >= 11 is 0. The Hall–Kier alpha value is -0.780. The molecule has 0 aromatic heterocycles. The number of hydrogen-bond acceptors (Lipinski definition) is 2. The number of alkyl halides is 3. The zero-order valence-electron chi connectivity index (χ0n) is 18.2. The first-order valence-corrected chi connectivity index (χ1v) is 12.3. The minimum atomic E-state index is -2.68. The molecule has 2 bridgehead atoms. The third-order valence-corrected chi connectivity index (χ3v) is 9.40. The molecule has 0 atom stereocenters. The van der Waals surface area contributed by atoms with Gasteiger partial charge in [-0.3, -0.25) is 9.69 Å². The Bertz CT molecular complexity index is 634. The summed E-state index contributed by atoms with van der Waals surface area (Å²) in [7, 11) is 0. The molecule has 1 N–H and O–H groups in total. The molecule has 0 aromatic rings. The van der Waals surface area contributed by atoms with Gasteiger partial charge in [0.15, 0.2) is 0 Å². The number of hydrogen-bond donors (Lipinski definition) is 1. The van der Waals surface area contributed by atoms with Crippen molar-refractivity contribution in [2.45, 2.75) is 107 Å². The molecule has 3 nitrogen and oxygen atoms in total. The molecule has 0 radical (unpaired) electrons. The predicted octanol–water partition coefficient (Wildman–Crippen LogP) is 5.24. The maximum atomic E-state index is 15.0. The van der Waals surface area contributed by atoms with E-state index >= 15 is 0 Å². The summed E-state index contributed by atoms with van der Waals surface area (Å²) in [6, 6.07) is 0. The third kappa shape index (κ3) is 4.14. The highest BCUT2D eigenvalue weighted by Crippen LogP contribution is 2.49. The number of amides is 1. The summed E-state index contributed by atoms with van der Waals surface area (Å²) in [4.78, 5) is 15.1. The van der Waals surface area contributed by atoms with Crippen molar-refractivity contribution >= 4 is 5.91 Å². The molecule has 6 rings (SSSR count). The molecule has 30 heavy (non-hydrogen) atoms. The number of halogens is 3. The number of nitrogens with one attached hydrogen (secondary N) is 1. The summed E-state index contributed by atoms with van der Waals surface area (Å²) in [5.74, 6) is -1.38. The molecule has 1 amide bonds. The lowest BCUT2D eigenvalue weighted by atomic mass is 9.64. The van der Waals surface area contributed by atoms with Crippen LogP contribution in [0, 0.1) is 17.3 Å². The van der Waals surface area contributed by atoms with Crippen LogP contribution in [0.5, 0.6) is 0 Å². The molecular formula is C24H37F3N2O. The van der Waals surface area contributed by atoms with E-state index in [9.17, 15) is 18.0 Å². The second kappa shape index (κ2) is 7.38. The first-order chi connectivity index (χ1) is 14.2. The maximum absolute atomic E-state index is 15.0. The number of carbonyl (C=O) groups excluding carboxylic acids is 1. The van der Waals surface area contributed by atoms with Gasteiger partial charge in [-0.1, -0.05) is 0 Å². The molecule has 1 spiro atoms. The highest BCUT2D eigenvalue weighted by atomic mass is 19.3. The van der Waals surface area contributed by atoms with Gasteiger partial charge in [-0.2, -0.15) is 0 Å². The van der Waals surface area contributed by atoms with Gasteiger partial charge in [0, 0.05) is 43.9 Å². The normalized spacial score (nSPS) is 37.6. The lowest BCUT2D eigenvalue weighted by Gasteiger charge is -2.55. The van der Waals surface area contributed by atoms with E-state index in [0.29, 0.717) is 6.54 Å². The van der Waals surface area contributed by atoms with Crippen LogP contribution in [-0.4, -0.2) is 47.6 Å². The second-order valence-corrected chi connectivity index (χ2v) is 11.7. The Labute approximate surface area is 178 Å². The van der Waals surface area contributed by atoms with E-state index in [1.54, 1.807) is 0 Å². The lowest BCUT2D eigenvalue weighted by molar-refractivity contribution is -0.133. The van der Waals surface area contributed by atoms with Crippen molar-refractivity contribution in [3.05, 3.63) is 0 Å². The number of likely N-dealkylation sites (tertiary alicyclic amines) is 1. The van der Waals surface area contributed by atoms with E-state index in [0.717, 1.165) is 64.0 Å². The highest BCUT2D eigenvalue weighted by Gasteiger charge is 2.51. The van der Waals surface area contributed by atoms with E-state index < -0.39 is 11.6 Å². The van der Waals surface area contributed by atoms with Crippen LogP contribution < -0.4 is 5.32 Å². The molecule has 6 heteroatoms. The van der Waals surface area contributed by atoms with Crippen molar-refractivity contribution in [1.29, 1.82) is 0 Å². The number of nitrogens with zero attached hydrogens (tertiary/aromatic N) is 1. The van der Waals surface area contributed by atoms with Crippen LogP contribution in [0.4, 0.5) is 13.2 Å². The molecule has 5 saturated carbocycles. The van der Waals surface area contributed by atoms with Gasteiger partial charge in [0.1, 0.15) is 5.67 Å². The van der Waals surface area contributed by atoms with Gasteiger partial charge in [0.25, 0.3) is 0 Å². The summed E-state index contributed by atoms with van der Waals surface area (Å²) in [6.07, 6.45) is 10.6. The average molecular weight is 427 g/mol. The Balaban J connectivity index is 1.07. The monoisotopic (exact) mass is 426 g/mol. The highest BCUT2D eigenvalue weighted by molar-refractivity contribution is 5.79. The molecule has 6 fully saturated rings. The van der Waals surface area contributed by atoms with Gasteiger partial charge < -0.3 is 5.32 Å². The fourth-order valence-corrected chi connectivity index (χ4v) is 7.25. The van der Waals surface area contributed by atoms with E-state index in [-0.39, 0.29) is 48.5 Å². The predicted molar refractivity (Wildman–Crippen MR) is 110 cm³/mol. The van der Waals surface area contributed by atoms with Crippen molar-refractivity contribution in [2.75, 3.05) is 19.6 Å². The quantitative estimate of drug-likeness (QED) is 0.667. The molecule has 0 unspecified atom stereocenters. The third-order valence-electron chi connectivity index (χ3n) is 9.40. The first-order valence-electron chi connectivity index (χ1n) is 12.3. The molecule has 1 saturated heterocycles. The fraction of sp³-hybridized carbons (Fsp3) is 0.958. The van der Waals surface area contributed by atoms with Crippen molar-refractivity contribution < 1.29 is 18.0 Å². The first kappa shape index (κ1) is 21.1. The SMILES string of the molecule is O=C(NC12CCC(CC1)CC2)C1CCC2(CC1)CN(CC1(F)CCC(F)(F)CC1)C2. The number of rotatable bonds is 4. The van der Waals surface area contributed by atoms with E-state index in [1.165, 1.54) is 19.3 Å². The number of carbonyl (C=O) groups is 1. The average Bonchev–Trinajstić information content (AvgIpc) is 2.71. The smallest absolute Gasteiger partial charge is 0.248 e. The molecule has 6 aliphatic rings.